The van der Waals surface area contributed by atoms with Gasteiger partial charge in [0, 0.05) is 32.1 Å². The van der Waals surface area contributed by atoms with Crippen LogP contribution in [0.5, 0.6) is 5.75 Å². The first-order chi connectivity index (χ1) is 14.1. The molecule has 2 atom stereocenters. The molecule has 156 valence electrons. The van der Waals surface area contributed by atoms with E-state index < -0.39 is 5.54 Å². The van der Waals surface area contributed by atoms with Gasteiger partial charge in [-0.15, -0.1) is 0 Å². The smallest absolute Gasteiger partial charge is 0.243 e. The summed E-state index contributed by atoms with van der Waals surface area (Å²) in [5, 5.41) is 3.40. The van der Waals surface area contributed by atoms with Crippen LogP contribution in [-0.2, 0) is 10.3 Å². The quantitative estimate of drug-likeness (QED) is 0.684. The second-order valence-corrected chi connectivity index (χ2v) is 7.70. The number of nitrogens with two attached hydrogens (primary N) is 1. The number of nitrogens with one attached hydrogen (secondary N) is 1. The van der Waals surface area contributed by atoms with Gasteiger partial charge in [0.1, 0.15) is 11.3 Å². The summed E-state index contributed by atoms with van der Waals surface area (Å²) in [4.78, 5) is 15.7. The van der Waals surface area contributed by atoms with E-state index in [2.05, 4.69) is 41.4 Å². The zero-order chi connectivity index (χ0) is 20.7. The standard InChI is InChI=1S/C24H33N3O2/c1-3-4-10-22(19-11-13-21(29-2)14-12-19)24(23(25)28,20-8-6-5-7-9-20)27-17-15-26-16-18-27/h5-9,11-14,22,26H,3-4,10,15-18H2,1-2H3,(H2,25,28). The van der Waals surface area contributed by atoms with Crippen LogP contribution in [-0.4, -0.2) is 44.1 Å². The van der Waals surface area contributed by atoms with Crippen LogP contribution >= 0.6 is 0 Å². The molecule has 1 fully saturated rings. The number of piperazine rings is 1. The number of unbranched alkanes of at least 4 members (excludes halogenated alkanes) is 1. The van der Waals surface area contributed by atoms with E-state index in [0.29, 0.717) is 0 Å². The number of benzene rings is 2. The molecule has 0 radical (unpaired) electrons. The van der Waals surface area contributed by atoms with Crippen LogP contribution in [0, 0.1) is 0 Å². The Kier molecular flexibility index (Phi) is 7.29. The topological polar surface area (TPSA) is 67.6 Å². The lowest BCUT2D eigenvalue weighted by atomic mass is 9.70. The fraction of sp³-hybridized carbons (Fsp3) is 0.458. The molecule has 3 N–H and O–H groups in total. The molecule has 0 aromatic heterocycles. The molecule has 1 saturated heterocycles. The average molecular weight is 396 g/mol. The largest absolute Gasteiger partial charge is 0.497 e. The zero-order valence-corrected chi connectivity index (χ0v) is 17.6. The Bertz CT molecular complexity index is 772. The molecular formula is C24H33N3O2. The second-order valence-electron chi connectivity index (χ2n) is 7.70. The molecule has 5 nitrogen and oxygen atoms in total. The number of rotatable bonds is 9. The van der Waals surface area contributed by atoms with Crippen LogP contribution in [0.3, 0.4) is 0 Å². The fourth-order valence-corrected chi connectivity index (χ4v) is 4.64. The van der Waals surface area contributed by atoms with Crippen molar-refractivity contribution in [1.82, 2.24) is 10.2 Å². The van der Waals surface area contributed by atoms with Crippen molar-refractivity contribution >= 4 is 5.91 Å². The molecule has 0 aliphatic carbocycles. The van der Waals surface area contributed by atoms with Crippen molar-refractivity contribution in [3.63, 3.8) is 0 Å². The van der Waals surface area contributed by atoms with E-state index in [0.717, 1.165) is 62.3 Å². The lowest BCUT2D eigenvalue weighted by Crippen LogP contribution is -2.62. The van der Waals surface area contributed by atoms with Crippen LogP contribution in [0.4, 0.5) is 0 Å². The molecule has 2 unspecified atom stereocenters. The van der Waals surface area contributed by atoms with Crippen LogP contribution < -0.4 is 15.8 Å². The van der Waals surface area contributed by atoms with Crippen molar-refractivity contribution in [2.45, 2.75) is 37.6 Å². The number of carbonyl (C=O) groups is 1. The van der Waals surface area contributed by atoms with Gasteiger partial charge in [0.2, 0.25) is 5.91 Å². The van der Waals surface area contributed by atoms with Gasteiger partial charge in [-0.05, 0) is 29.7 Å². The predicted octanol–water partition coefficient (Wildman–Crippen LogP) is 3.26. The third kappa shape index (κ3) is 4.31. The summed E-state index contributed by atoms with van der Waals surface area (Å²) in [6.45, 7) is 5.47. The van der Waals surface area contributed by atoms with Gasteiger partial charge in [0.15, 0.2) is 0 Å². The van der Waals surface area contributed by atoms with E-state index in [1.54, 1.807) is 7.11 Å². The third-order valence-electron chi connectivity index (χ3n) is 6.07. The van der Waals surface area contributed by atoms with E-state index >= 15 is 0 Å². The van der Waals surface area contributed by atoms with Crippen molar-refractivity contribution in [2.75, 3.05) is 33.3 Å². The maximum atomic E-state index is 13.4. The SMILES string of the molecule is CCCCC(c1ccc(OC)cc1)C(C(N)=O)(c1ccccc1)N1CCNCC1. The van der Waals surface area contributed by atoms with Crippen LogP contribution in [0.15, 0.2) is 54.6 Å². The van der Waals surface area contributed by atoms with Crippen molar-refractivity contribution in [2.24, 2.45) is 5.73 Å². The van der Waals surface area contributed by atoms with Gasteiger partial charge in [-0.3, -0.25) is 9.69 Å². The molecule has 0 saturated carbocycles. The summed E-state index contributed by atoms with van der Waals surface area (Å²) in [7, 11) is 1.67. The van der Waals surface area contributed by atoms with Crippen molar-refractivity contribution in [3.05, 3.63) is 65.7 Å². The number of nitrogens with zero attached hydrogens (tertiary/aromatic N) is 1. The molecule has 3 rings (SSSR count). The summed E-state index contributed by atoms with van der Waals surface area (Å²) in [6, 6.07) is 18.2. The minimum Gasteiger partial charge on any atom is -0.497 e. The van der Waals surface area contributed by atoms with Gasteiger partial charge in [0.05, 0.1) is 7.11 Å². The highest BCUT2D eigenvalue weighted by atomic mass is 16.5. The number of carbonyl (C=O) groups excluding carboxylic acids is 1. The molecule has 1 aliphatic heterocycles. The number of hydrogen-bond acceptors (Lipinski definition) is 4. The van der Waals surface area contributed by atoms with E-state index in [4.69, 9.17) is 10.5 Å². The molecule has 0 bridgehead atoms. The highest BCUT2D eigenvalue weighted by molar-refractivity contribution is 5.87. The molecule has 2 aromatic carbocycles. The van der Waals surface area contributed by atoms with Crippen molar-refractivity contribution in [3.8, 4) is 5.75 Å². The van der Waals surface area contributed by atoms with Gasteiger partial charge in [-0.1, -0.05) is 62.2 Å². The zero-order valence-electron chi connectivity index (χ0n) is 17.6. The number of amides is 1. The Balaban J connectivity index is 2.19. The van der Waals surface area contributed by atoms with Gasteiger partial charge in [-0.2, -0.15) is 0 Å². The number of primary amides is 1. The van der Waals surface area contributed by atoms with Gasteiger partial charge >= 0.3 is 0 Å². The average Bonchev–Trinajstić information content (AvgIpc) is 2.78. The maximum Gasteiger partial charge on any atom is 0.243 e. The molecular weight excluding hydrogens is 362 g/mol. The molecule has 1 amide bonds. The number of hydrogen-bond donors (Lipinski definition) is 2. The molecule has 2 aromatic rings. The molecule has 0 spiro atoms. The van der Waals surface area contributed by atoms with Crippen LogP contribution in [0.1, 0.15) is 43.2 Å². The van der Waals surface area contributed by atoms with Crippen molar-refractivity contribution in [1.29, 1.82) is 0 Å². The molecule has 1 heterocycles. The Morgan fingerprint density at radius 3 is 2.34 bits per heavy atom. The molecule has 29 heavy (non-hydrogen) atoms. The van der Waals surface area contributed by atoms with E-state index in [1.807, 2.05) is 30.3 Å². The predicted molar refractivity (Wildman–Crippen MR) is 117 cm³/mol. The van der Waals surface area contributed by atoms with E-state index in [-0.39, 0.29) is 11.8 Å². The summed E-state index contributed by atoms with van der Waals surface area (Å²) in [6.07, 6.45) is 2.99. The normalized spacial score (nSPS) is 18.0. The third-order valence-corrected chi connectivity index (χ3v) is 6.07. The maximum absolute atomic E-state index is 13.4. The Morgan fingerprint density at radius 1 is 1.14 bits per heavy atom. The minimum atomic E-state index is -0.882. The summed E-state index contributed by atoms with van der Waals surface area (Å²) < 4.78 is 5.35. The first-order valence-corrected chi connectivity index (χ1v) is 10.6. The monoisotopic (exact) mass is 395 g/mol. The Hall–Kier alpha value is -2.37. The second kappa shape index (κ2) is 9.90. The van der Waals surface area contributed by atoms with Crippen LogP contribution in [0.25, 0.3) is 0 Å². The lowest BCUT2D eigenvalue weighted by Gasteiger charge is -2.49. The van der Waals surface area contributed by atoms with E-state index in [9.17, 15) is 4.79 Å². The number of ether oxygens (including phenoxy) is 1. The summed E-state index contributed by atoms with van der Waals surface area (Å²) in [5.74, 6) is 0.503. The Labute approximate surface area is 174 Å². The van der Waals surface area contributed by atoms with Gasteiger partial charge < -0.3 is 15.8 Å². The highest BCUT2D eigenvalue weighted by Gasteiger charge is 2.50. The minimum absolute atomic E-state index is 0.0358. The highest BCUT2D eigenvalue weighted by Crippen LogP contribution is 2.45. The van der Waals surface area contributed by atoms with Crippen LogP contribution in [0.2, 0.25) is 0 Å². The van der Waals surface area contributed by atoms with E-state index in [1.165, 1.54) is 0 Å². The van der Waals surface area contributed by atoms with Gasteiger partial charge in [-0.25, -0.2) is 0 Å². The summed E-state index contributed by atoms with van der Waals surface area (Å²) in [5.41, 5.74) is 7.50. The Morgan fingerprint density at radius 2 is 1.79 bits per heavy atom. The fourth-order valence-electron chi connectivity index (χ4n) is 4.64. The van der Waals surface area contributed by atoms with Gasteiger partial charge in [0.25, 0.3) is 0 Å². The molecule has 5 heteroatoms. The first-order valence-electron chi connectivity index (χ1n) is 10.6. The lowest BCUT2D eigenvalue weighted by molar-refractivity contribution is -0.134. The number of methoxy groups -OCH3 is 1. The molecule has 1 aliphatic rings. The first kappa shape index (κ1) is 21.3. The summed E-state index contributed by atoms with van der Waals surface area (Å²) >= 11 is 0. The van der Waals surface area contributed by atoms with Crippen molar-refractivity contribution < 1.29 is 9.53 Å².